The third kappa shape index (κ3) is 4.70. The zero-order valence-corrected chi connectivity index (χ0v) is 14.7. The third-order valence-electron chi connectivity index (χ3n) is 4.79. The van der Waals surface area contributed by atoms with Crippen LogP contribution < -0.4 is 5.73 Å². The molecule has 0 aromatic heterocycles. The van der Waals surface area contributed by atoms with Gasteiger partial charge in [0, 0.05) is 6.04 Å². The van der Waals surface area contributed by atoms with E-state index in [4.69, 9.17) is 5.73 Å². The van der Waals surface area contributed by atoms with Crippen molar-refractivity contribution >= 4 is 12.4 Å². The molecule has 0 amide bonds. The first kappa shape index (κ1) is 18.5. The second-order valence-electron chi connectivity index (χ2n) is 7.26. The standard InChI is InChI=1S/C18H30N2.ClH/c1-14(20-11-9-15(13-19)10-12-20)16-5-7-17(8-6-16)18(2,3)4;/h5-8,14-15H,9-13,19H2,1-4H3;1H. The lowest BCUT2D eigenvalue weighted by atomic mass is 9.86. The Balaban J connectivity index is 0.00000220. The quantitative estimate of drug-likeness (QED) is 0.909. The van der Waals surface area contributed by atoms with Crippen LogP contribution in [0.4, 0.5) is 0 Å². The van der Waals surface area contributed by atoms with Crippen LogP contribution in [0.5, 0.6) is 0 Å². The number of nitrogens with two attached hydrogens (primary N) is 1. The SMILES string of the molecule is CC(c1ccc(C(C)(C)C)cc1)N1CCC(CN)CC1.Cl. The normalized spacial score (nSPS) is 19.1. The summed E-state index contributed by atoms with van der Waals surface area (Å²) in [6.07, 6.45) is 2.50. The van der Waals surface area contributed by atoms with Gasteiger partial charge < -0.3 is 5.73 Å². The van der Waals surface area contributed by atoms with Gasteiger partial charge in [0.1, 0.15) is 0 Å². The van der Waals surface area contributed by atoms with Gasteiger partial charge in [-0.2, -0.15) is 0 Å². The van der Waals surface area contributed by atoms with Gasteiger partial charge in [-0.15, -0.1) is 12.4 Å². The molecule has 1 heterocycles. The summed E-state index contributed by atoms with van der Waals surface area (Å²) in [7, 11) is 0. The average Bonchev–Trinajstić information content (AvgIpc) is 2.46. The molecule has 1 aliphatic heterocycles. The van der Waals surface area contributed by atoms with Gasteiger partial charge in [0.25, 0.3) is 0 Å². The maximum atomic E-state index is 5.77. The average molecular weight is 311 g/mol. The van der Waals surface area contributed by atoms with Crippen LogP contribution in [-0.4, -0.2) is 24.5 Å². The van der Waals surface area contributed by atoms with Crippen LogP contribution in [0.2, 0.25) is 0 Å². The third-order valence-corrected chi connectivity index (χ3v) is 4.79. The summed E-state index contributed by atoms with van der Waals surface area (Å²) >= 11 is 0. The van der Waals surface area contributed by atoms with Gasteiger partial charge in [0.15, 0.2) is 0 Å². The van der Waals surface area contributed by atoms with E-state index >= 15 is 0 Å². The summed E-state index contributed by atoms with van der Waals surface area (Å²) in [5, 5.41) is 0. The van der Waals surface area contributed by atoms with Crippen LogP contribution in [0.15, 0.2) is 24.3 Å². The molecule has 3 heteroatoms. The van der Waals surface area contributed by atoms with Crippen molar-refractivity contribution in [2.75, 3.05) is 19.6 Å². The molecule has 0 radical (unpaired) electrons. The first-order chi connectivity index (χ1) is 9.41. The van der Waals surface area contributed by atoms with Crippen molar-refractivity contribution in [3.63, 3.8) is 0 Å². The number of nitrogens with zero attached hydrogens (tertiary/aromatic N) is 1. The monoisotopic (exact) mass is 310 g/mol. The van der Waals surface area contributed by atoms with Crippen LogP contribution in [0.25, 0.3) is 0 Å². The first-order valence-corrected chi connectivity index (χ1v) is 7.96. The van der Waals surface area contributed by atoms with Gasteiger partial charge >= 0.3 is 0 Å². The van der Waals surface area contributed by atoms with E-state index < -0.39 is 0 Å². The van der Waals surface area contributed by atoms with Crippen LogP contribution >= 0.6 is 12.4 Å². The Morgan fingerprint density at radius 2 is 1.67 bits per heavy atom. The van der Waals surface area contributed by atoms with Crippen LogP contribution in [-0.2, 0) is 5.41 Å². The molecule has 1 aromatic rings. The van der Waals surface area contributed by atoms with Crippen molar-refractivity contribution in [2.45, 2.75) is 52.0 Å². The Labute approximate surface area is 136 Å². The van der Waals surface area contributed by atoms with Crippen molar-refractivity contribution < 1.29 is 0 Å². The Morgan fingerprint density at radius 1 is 1.14 bits per heavy atom. The summed E-state index contributed by atoms with van der Waals surface area (Å²) < 4.78 is 0. The van der Waals surface area contributed by atoms with Crippen LogP contribution in [0.1, 0.15) is 57.7 Å². The fourth-order valence-corrected chi connectivity index (χ4v) is 3.05. The molecule has 120 valence electrons. The lowest BCUT2D eigenvalue weighted by molar-refractivity contribution is 0.143. The minimum atomic E-state index is 0. The molecule has 0 spiro atoms. The topological polar surface area (TPSA) is 29.3 Å². The van der Waals surface area contributed by atoms with Gasteiger partial charge in [-0.3, -0.25) is 4.90 Å². The molecule has 21 heavy (non-hydrogen) atoms. The molecule has 2 N–H and O–H groups in total. The Morgan fingerprint density at radius 3 is 2.10 bits per heavy atom. The van der Waals surface area contributed by atoms with Gasteiger partial charge in [-0.25, -0.2) is 0 Å². The minimum absolute atomic E-state index is 0. The number of benzene rings is 1. The molecule has 1 saturated heterocycles. The molecule has 0 saturated carbocycles. The molecular formula is C18H31ClN2. The zero-order valence-electron chi connectivity index (χ0n) is 13.9. The van der Waals surface area contributed by atoms with Crippen LogP contribution in [0, 0.1) is 5.92 Å². The van der Waals surface area contributed by atoms with E-state index in [2.05, 4.69) is 56.9 Å². The number of hydrogen-bond acceptors (Lipinski definition) is 2. The van der Waals surface area contributed by atoms with E-state index in [-0.39, 0.29) is 17.8 Å². The van der Waals surface area contributed by atoms with Crippen molar-refractivity contribution in [1.82, 2.24) is 4.90 Å². The second-order valence-corrected chi connectivity index (χ2v) is 7.26. The van der Waals surface area contributed by atoms with Gasteiger partial charge in [0.05, 0.1) is 0 Å². The highest BCUT2D eigenvalue weighted by Gasteiger charge is 2.23. The highest BCUT2D eigenvalue weighted by Crippen LogP contribution is 2.28. The summed E-state index contributed by atoms with van der Waals surface area (Å²) in [4.78, 5) is 2.60. The molecule has 1 aliphatic rings. The second kappa shape index (κ2) is 7.62. The predicted molar refractivity (Wildman–Crippen MR) is 94.2 cm³/mol. The number of halogens is 1. The molecule has 1 unspecified atom stereocenters. The number of rotatable bonds is 3. The molecular weight excluding hydrogens is 280 g/mol. The maximum absolute atomic E-state index is 5.77. The number of hydrogen-bond donors (Lipinski definition) is 1. The highest BCUT2D eigenvalue weighted by atomic mass is 35.5. The summed E-state index contributed by atoms with van der Waals surface area (Å²) in [5.74, 6) is 0.738. The van der Waals surface area contributed by atoms with E-state index in [9.17, 15) is 0 Å². The van der Waals surface area contributed by atoms with Crippen molar-refractivity contribution in [3.8, 4) is 0 Å². The van der Waals surface area contributed by atoms with Gasteiger partial charge in [-0.05, 0) is 61.9 Å². The lowest BCUT2D eigenvalue weighted by Crippen LogP contribution is -2.37. The molecule has 2 nitrogen and oxygen atoms in total. The molecule has 1 fully saturated rings. The molecule has 1 aromatic carbocycles. The van der Waals surface area contributed by atoms with E-state index in [0.29, 0.717) is 6.04 Å². The summed E-state index contributed by atoms with van der Waals surface area (Å²) in [6.45, 7) is 12.3. The van der Waals surface area contributed by atoms with Crippen molar-refractivity contribution in [2.24, 2.45) is 11.7 Å². The van der Waals surface area contributed by atoms with Crippen LogP contribution in [0.3, 0.4) is 0 Å². The van der Waals surface area contributed by atoms with E-state index in [0.717, 1.165) is 12.5 Å². The molecule has 0 aliphatic carbocycles. The summed E-state index contributed by atoms with van der Waals surface area (Å²) in [6, 6.07) is 9.71. The van der Waals surface area contributed by atoms with Crippen molar-refractivity contribution in [3.05, 3.63) is 35.4 Å². The Hall–Kier alpha value is -0.570. The van der Waals surface area contributed by atoms with Crippen molar-refractivity contribution in [1.29, 1.82) is 0 Å². The Kier molecular flexibility index (Phi) is 6.71. The van der Waals surface area contributed by atoms with E-state index in [1.807, 2.05) is 0 Å². The predicted octanol–water partition coefficient (Wildman–Crippen LogP) is 4.14. The van der Waals surface area contributed by atoms with E-state index in [1.165, 1.54) is 37.1 Å². The largest absolute Gasteiger partial charge is 0.330 e. The molecule has 0 bridgehead atoms. The highest BCUT2D eigenvalue weighted by molar-refractivity contribution is 5.85. The number of piperidine rings is 1. The number of likely N-dealkylation sites (tertiary alicyclic amines) is 1. The molecule has 1 atom stereocenters. The maximum Gasteiger partial charge on any atom is 0.0319 e. The zero-order chi connectivity index (χ0) is 14.8. The smallest absolute Gasteiger partial charge is 0.0319 e. The fourth-order valence-electron chi connectivity index (χ4n) is 3.05. The van der Waals surface area contributed by atoms with E-state index in [1.54, 1.807) is 0 Å². The first-order valence-electron chi connectivity index (χ1n) is 7.96. The molecule has 2 rings (SSSR count). The Bertz CT molecular complexity index is 414. The minimum Gasteiger partial charge on any atom is -0.330 e. The fraction of sp³-hybridized carbons (Fsp3) is 0.667. The lowest BCUT2D eigenvalue weighted by Gasteiger charge is -2.36. The summed E-state index contributed by atoms with van der Waals surface area (Å²) in [5.41, 5.74) is 8.86. The van der Waals surface area contributed by atoms with Gasteiger partial charge in [-0.1, -0.05) is 45.0 Å². The van der Waals surface area contributed by atoms with Gasteiger partial charge in [0.2, 0.25) is 0 Å².